The van der Waals surface area contributed by atoms with Crippen LogP contribution in [-0.4, -0.2) is 39.9 Å². The second kappa shape index (κ2) is 5.42. The van der Waals surface area contributed by atoms with Crippen LogP contribution in [0.4, 0.5) is 10.1 Å². The molecule has 1 amide bonds. The van der Waals surface area contributed by atoms with E-state index in [9.17, 15) is 24.1 Å². The molecule has 102 valence electrons. The number of nitrogens with zero attached hydrogens (tertiary/aromatic N) is 2. The highest BCUT2D eigenvalue weighted by molar-refractivity contribution is 5.96. The van der Waals surface area contributed by atoms with Crippen molar-refractivity contribution in [3.63, 3.8) is 0 Å². The molecule has 0 radical (unpaired) electrons. The molecule has 0 fully saturated rings. The van der Waals surface area contributed by atoms with E-state index in [1.807, 2.05) is 0 Å². The first kappa shape index (κ1) is 14.6. The molecule has 0 aliphatic heterocycles. The van der Waals surface area contributed by atoms with Gasteiger partial charge < -0.3 is 10.0 Å². The van der Waals surface area contributed by atoms with E-state index in [-0.39, 0.29) is 0 Å². The summed E-state index contributed by atoms with van der Waals surface area (Å²) >= 11 is 0. The van der Waals surface area contributed by atoms with E-state index in [4.69, 9.17) is 5.11 Å². The maximum atomic E-state index is 13.6. The van der Waals surface area contributed by atoms with Crippen LogP contribution in [-0.2, 0) is 4.79 Å². The van der Waals surface area contributed by atoms with Gasteiger partial charge in [0.25, 0.3) is 11.6 Å². The molecule has 0 aromatic heterocycles. The number of likely N-dealkylation sites (N-methyl/N-ethyl adjacent to an activating group) is 1. The van der Waals surface area contributed by atoms with Crippen LogP contribution in [0, 0.1) is 15.9 Å². The van der Waals surface area contributed by atoms with Crippen molar-refractivity contribution >= 4 is 17.6 Å². The molecule has 0 aliphatic rings. The SMILES string of the molecule is CC(C(=O)O)N(C)C(=O)c1ccc([N+](=O)[O-])cc1F. The van der Waals surface area contributed by atoms with E-state index in [0.717, 1.165) is 17.0 Å². The largest absolute Gasteiger partial charge is 0.480 e. The molecule has 0 aliphatic carbocycles. The maximum absolute atomic E-state index is 13.6. The number of hydrogen-bond acceptors (Lipinski definition) is 4. The average molecular weight is 270 g/mol. The van der Waals surface area contributed by atoms with Gasteiger partial charge >= 0.3 is 5.97 Å². The van der Waals surface area contributed by atoms with Crippen LogP contribution in [0.1, 0.15) is 17.3 Å². The van der Waals surface area contributed by atoms with Crippen LogP contribution in [0.25, 0.3) is 0 Å². The Balaban J connectivity index is 3.07. The van der Waals surface area contributed by atoms with Crippen molar-refractivity contribution in [1.82, 2.24) is 4.90 Å². The van der Waals surface area contributed by atoms with Gasteiger partial charge in [-0.2, -0.15) is 0 Å². The first-order chi connectivity index (χ1) is 8.75. The van der Waals surface area contributed by atoms with Crippen LogP contribution in [0.2, 0.25) is 0 Å². The summed E-state index contributed by atoms with van der Waals surface area (Å²) in [7, 11) is 1.21. The van der Waals surface area contributed by atoms with Crippen molar-refractivity contribution < 1.29 is 24.0 Å². The van der Waals surface area contributed by atoms with Crippen molar-refractivity contribution in [2.24, 2.45) is 0 Å². The van der Waals surface area contributed by atoms with E-state index in [2.05, 4.69) is 0 Å². The number of benzene rings is 1. The molecule has 0 spiro atoms. The van der Waals surface area contributed by atoms with Crippen molar-refractivity contribution in [2.75, 3.05) is 7.05 Å². The Labute approximate surface area is 107 Å². The van der Waals surface area contributed by atoms with Crippen LogP contribution in [0.5, 0.6) is 0 Å². The van der Waals surface area contributed by atoms with Crippen LogP contribution < -0.4 is 0 Å². The highest BCUT2D eigenvalue weighted by Gasteiger charge is 2.25. The molecule has 0 saturated carbocycles. The number of amides is 1. The van der Waals surface area contributed by atoms with Gasteiger partial charge in [0.2, 0.25) is 0 Å². The minimum Gasteiger partial charge on any atom is -0.480 e. The number of nitro groups is 1. The minimum absolute atomic E-state index is 0.416. The summed E-state index contributed by atoms with van der Waals surface area (Å²) in [6.45, 7) is 1.27. The van der Waals surface area contributed by atoms with Crippen molar-refractivity contribution in [1.29, 1.82) is 0 Å². The van der Waals surface area contributed by atoms with Gasteiger partial charge in [0.05, 0.1) is 16.6 Å². The molecule has 1 atom stereocenters. The Hall–Kier alpha value is -2.51. The van der Waals surface area contributed by atoms with Crippen LogP contribution in [0.3, 0.4) is 0 Å². The van der Waals surface area contributed by atoms with Gasteiger partial charge in [-0.25, -0.2) is 9.18 Å². The molecule has 0 bridgehead atoms. The van der Waals surface area contributed by atoms with Gasteiger partial charge in [0.1, 0.15) is 11.9 Å². The minimum atomic E-state index is -1.24. The number of carboxylic acids is 1. The van der Waals surface area contributed by atoms with Gasteiger partial charge in [0.15, 0.2) is 0 Å². The van der Waals surface area contributed by atoms with E-state index in [1.165, 1.54) is 14.0 Å². The Morgan fingerprint density at radius 2 is 2.05 bits per heavy atom. The summed E-state index contributed by atoms with van der Waals surface area (Å²) in [5.41, 5.74) is -0.899. The van der Waals surface area contributed by atoms with Crippen LogP contribution in [0.15, 0.2) is 18.2 Å². The Morgan fingerprint density at radius 3 is 2.47 bits per heavy atom. The van der Waals surface area contributed by atoms with Gasteiger partial charge in [-0.1, -0.05) is 0 Å². The third kappa shape index (κ3) is 3.03. The number of aliphatic carboxylic acids is 1. The lowest BCUT2D eigenvalue weighted by Gasteiger charge is -2.21. The molecule has 19 heavy (non-hydrogen) atoms. The molecule has 1 aromatic rings. The molecule has 1 unspecified atom stereocenters. The highest BCUT2D eigenvalue weighted by atomic mass is 19.1. The van der Waals surface area contributed by atoms with E-state index >= 15 is 0 Å². The second-order valence-electron chi connectivity index (χ2n) is 3.85. The average Bonchev–Trinajstić information content (AvgIpc) is 2.35. The Morgan fingerprint density at radius 1 is 1.47 bits per heavy atom. The third-order valence-electron chi connectivity index (χ3n) is 2.65. The molecule has 8 heteroatoms. The number of carbonyl (C=O) groups excluding carboxylic acids is 1. The first-order valence-corrected chi connectivity index (χ1v) is 5.19. The molecule has 1 aromatic carbocycles. The Bertz CT molecular complexity index is 546. The lowest BCUT2D eigenvalue weighted by atomic mass is 10.1. The standard InChI is InChI=1S/C11H11FN2O5/c1-6(11(16)17)13(2)10(15)8-4-3-7(14(18)19)5-9(8)12/h3-6H,1-2H3,(H,16,17). The van der Waals surface area contributed by atoms with Crippen molar-refractivity contribution in [2.45, 2.75) is 13.0 Å². The molecular formula is C11H11FN2O5. The smallest absolute Gasteiger partial charge is 0.326 e. The summed E-state index contributed by atoms with van der Waals surface area (Å²) in [5, 5.41) is 19.2. The summed E-state index contributed by atoms with van der Waals surface area (Å²) in [5.74, 6) is -3.16. The fraction of sp³-hybridized carbons (Fsp3) is 0.273. The first-order valence-electron chi connectivity index (χ1n) is 5.19. The number of rotatable bonds is 4. The van der Waals surface area contributed by atoms with Crippen LogP contribution >= 0.6 is 0 Å². The number of hydrogen-bond donors (Lipinski definition) is 1. The van der Waals surface area contributed by atoms with Gasteiger partial charge in [-0.3, -0.25) is 14.9 Å². The summed E-state index contributed by atoms with van der Waals surface area (Å²) in [6, 6.07) is 1.42. The monoisotopic (exact) mass is 270 g/mol. The quantitative estimate of drug-likeness (QED) is 0.656. The molecule has 0 saturated heterocycles. The van der Waals surface area contributed by atoms with Gasteiger partial charge in [0, 0.05) is 13.1 Å². The fourth-order valence-electron chi connectivity index (χ4n) is 1.32. The zero-order valence-corrected chi connectivity index (χ0v) is 10.2. The molecule has 1 N–H and O–H groups in total. The number of halogens is 1. The van der Waals surface area contributed by atoms with Gasteiger partial charge in [-0.05, 0) is 13.0 Å². The zero-order chi connectivity index (χ0) is 14.7. The summed E-state index contributed by atoms with van der Waals surface area (Å²) in [4.78, 5) is 33.1. The van der Waals surface area contributed by atoms with E-state index in [1.54, 1.807) is 0 Å². The van der Waals surface area contributed by atoms with E-state index in [0.29, 0.717) is 6.07 Å². The highest BCUT2D eigenvalue weighted by Crippen LogP contribution is 2.18. The molecule has 1 rings (SSSR count). The molecule has 0 heterocycles. The summed E-state index contributed by atoms with van der Waals surface area (Å²) < 4.78 is 13.6. The fourth-order valence-corrected chi connectivity index (χ4v) is 1.32. The maximum Gasteiger partial charge on any atom is 0.326 e. The number of carboxylic acid groups (broad SMARTS) is 1. The third-order valence-corrected chi connectivity index (χ3v) is 2.65. The lowest BCUT2D eigenvalue weighted by molar-refractivity contribution is -0.385. The predicted octanol–water partition coefficient (Wildman–Crippen LogP) is 1.28. The number of nitro benzene ring substituents is 1. The van der Waals surface area contributed by atoms with Crippen molar-refractivity contribution in [3.8, 4) is 0 Å². The second-order valence-corrected chi connectivity index (χ2v) is 3.85. The number of carbonyl (C=O) groups is 2. The predicted molar refractivity (Wildman–Crippen MR) is 62.2 cm³/mol. The Kier molecular flexibility index (Phi) is 4.15. The zero-order valence-electron chi connectivity index (χ0n) is 10.2. The van der Waals surface area contributed by atoms with E-state index < -0.39 is 39.9 Å². The normalized spacial score (nSPS) is 11.7. The summed E-state index contributed by atoms with van der Waals surface area (Å²) in [6.07, 6.45) is 0. The molecule has 7 nitrogen and oxygen atoms in total. The molecular weight excluding hydrogens is 259 g/mol. The lowest BCUT2D eigenvalue weighted by Crippen LogP contribution is -2.40. The van der Waals surface area contributed by atoms with Crippen molar-refractivity contribution in [3.05, 3.63) is 39.7 Å². The van der Waals surface area contributed by atoms with Gasteiger partial charge in [-0.15, -0.1) is 0 Å². The topological polar surface area (TPSA) is 101 Å². The number of non-ortho nitro benzene ring substituents is 1.